The Morgan fingerprint density at radius 2 is 1.78 bits per heavy atom. The molecule has 1 fully saturated rings. The van der Waals surface area contributed by atoms with Crippen molar-refractivity contribution in [2.24, 2.45) is 5.92 Å². The first kappa shape index (κ1) is 17.4. The molecule has 1 aliphatic rings. The minimum Gasteiger partial charge on any atom is -0.493 e. The Balaban J connectivity index is 1.92. The van der Waals surface area contributed by atoms with Gasteiger partial charge in [-0.3, -0.25) is 4.79 Å². The number of carbonyl (C=O) groups is 1. The van der Waals surface area contributed by atoms with Crippen molar-refractivity contribution < 1.29 is 19.0 Å². The van der Waals surface area contributed by atoms with Crippen LogP contribution in [0, 0.1) is 5.92 Å². The molecular weight excluding hydrogens is 294 g/mol. The van der Waals surface area contributed by atoms with Crippen LogP contribution < -0.4 is 19.5 Å². The van der Waals surface area contributed by atoms with Gasteiger partial charge < -0.3 is 19.5 Å². The van der Waals surface area contributed by atoms with Crippen LogP contribution in [0.4, 0.5) is 0 Å². The maximum absolute atomic E-state index is 12.0. The fraction of sp³-hybridized carbons (Fsp3) is 0.611. The number of amides is 1. The fourth-order valence-corrected chi connectivity index (χ4v) is 3.22. The van der Waals surface area contributed by atoms with E-state index in [1.165, 1.54) is 25.7 Å². The summed E-state index contributed by atoms with van der Waals surface area (Å²) in [5, 5.41) is 2.97. The van der Waals surface area contributed by atoms with Gasteiger partial charge in [0.15, 0.2) is 11.5 Å². The largest absolute Gasteiger partial charge is 0.493 e. The molecule has 0 heterocycles. The molecule has 2 rings (SSSR count). The molecule has 128 valence electrons. The van der Waals surface area contributed by atoms with E-state index in [1.807, 2.05) is 12.1 Å². The Morgan fingerprint density at radius 3 is 2.39 bits per heavy atom. The van der Waals surface area contributed by atoms with Crippen LogP contribution >= 0.6 is 0 Å². The van der Waals surface area contributed by atoms with E-state index in [-0.39, 0.29) is 5.91 Å². The molecule has 0 spiro atoms. The van der Waals surface area contributed by atoms with Gasteiger partial charge in [0.05, 0.1) is 21.3 Å². The molecular formula is C18H27NO4. The summed E-state index contributed by atoms with van der Waals surface area (Å²) in [4.78, 5) is 12.0. The zero-order valence-electron chi connectivity index (χ0n) is 14.3. The average molecular weight is 321 g/mol. The molecule has 1 aliphatic carbocycles. The molecule has 0 aliphatic heterocycles. The number of rotatable bonds is 8. The molecule has 1 saturated carbocycles. The Morgan fingerprint density at radius 1 is 1.09 bits per heavy atom. The van der Waals surface area contributed by atoms with Crippen molar-refractivity contribution in [3.05, 3.63) is 17.7 Å². The molecule has 5 heteroatoms. The number of methoxy groups -OCH3 is 3. The maximum Gasteiger partial charge on any atom is 0.220 e. The fourth-order valence-electron chi connectivity index (χ4n) is 3.22. The first-order chi connectivity index (χ1) is 11.2. The van der Waals surface area contributed by atoms with Crippen molar-refractivity contribution in [2.75, 3.05) is 21.3 Å². The third kappa shape index (κ3) is 4.53. The Labute approximate surface area is 138 Å². The van der Waals surface area contributed by atoms with Crippen molar-refractivity contribution in [3.63, 3.8) is 0 Å². The van der Waals surface area contributed by atoms with Crippen LogP contribution in [0.15, 0.2) is 12.1 Å². The highest BCUT2D eigenvalue weighted by molar-refractivity contribution is 5.76. The number of ether oxygens (including phenoxy) is 3. The summed E-state index contributed by atoms with van der Waals surface area (Å²) in [7, 11) is 4.74. The van der Waals surface area contributed by atoms with Gasteiger partial charge in [0.1, 0.15) is 0 Å². The maximum atomic E-state index is 12.0. The van der Waals surface area contributed by atoms with Crippen LogP contribution in [-0.2, 0) is 11.3 Å². The van der Waals surface area contributed by atoms with Crippen LogP contribution in [0.2, 0.25) is 0 Å². The summed E-state index contributed by atoms with van der Waals surface area (Å²) in [6, 6.07) is 3.71. The predicted octanol–water partition coefficient (Wildman–Crippen LogP) is 3.30. The summed E-state index contributed by atoms with van der Waals surface area (Å²) >= 11 is 0. The van der Waals surface area contributed by atoms with Gasteiger partial charge in [-0.15, -0.1) is 0 Å². The topological polar surface area (TPSA) is 56.8 Å². The molecule has 1 amide bonds. The van der Waals surface area contributed by atoms with Crippen molar-refractivity contribution in [1.82, 2.24) is 5.32 Å². The van der Waals surface area contributed by atoms with E-state index in [2.05, 4.69) is 5.32 Å². The zero-order chi connectivity index (χ0) is 16.7. The second-order valence-electron chi connectivity index (χ2n) is 5.96. The smallest absolute Gasteiger partial charge is 0.220 e. The van der Waals surface area contributed by atoms with Gasteiger partial charge in [-0.05, 0) is 24.5 Å². The number of carbonyl (C=O) groups excluding carboxylic acids is 1. The molecule has 0 aromatic heterocycles. The first-order valence-corrected chi connectivity index (χ1v) is 8.24. The van der Waals surface area contributed by atoms with Crippen LogP contribution in [0.1, 0.15) is 44.1 Å². The Kier molecular flexibility index (Phi) is 6.56. The van der Waals surface area contributed by atoms with Gasteiger partial charge in [0.25, 0.3) is 0 Å². The Hall–Kier alpha value is -1.91. The predicted molar refractivity (Wildman–Crippen MR) is 89.1 cm³/mol. The molecule has 1 N–H and O–H groups in total. The minimum atomic E-state index is 0.0914. The lowest BCUT2D eigenvalue weighted by Crippen LogP contribution is -2.23. The van der Waals surface area contributed by atoms with Crippen LogP contribution in [-0.4, -0.2) is 27.2 Å². The summed E-state index contributed by atoms with van der Waals surface area (Å²) in [5.41, 5.74) is 0.874. The monoisotopic (exact) mass is 321 g/mol. The van der Waals surface area contributed by atoms with Gasteiger partial charge >= 0.3 is 0 Å². The van der Waals surface area contributed by atoms with Gasteiger partial charge in [0, 0.05) is 18.5 Å². The van der Waals surface area contributed by atoms with E-state index in [1.54, 1.807) is 21.3 Å². The normalized spacial score (nSPS) is 14.6. The second kappa shape index (κ2) is 8.65. The van der Waals surface area contributed by atoms with E-state index in [9.17, 15) is 4.79 Å². The van der Waals surface area contributed by atoms with E-state index in [0.717, 1.165) is 17.9 Å². The summed E-state index contributed by atoms with van der Waals surface area (Å²) in [6.07, 6.45) is 6.77. The van der Waals surface area contributed by atoms with Gasteiger partial charge in [-0.1, -0.05) is 25.7 Å². The molecule has 0 bridgehead atoms. The zero-order valence-corrected chi connectivity index (χ0v) is 14.3. The first-order valence-electron chi connectivity index (χ1n) is 8.24. The number of benzene rings is 1. The quantitative estimate of drug-likeness (QED) is 0.798. The lowest BCUT2D eigenvalue weighted by atomic mass is 10.0. The van der Waals surface area contributed by atoms with Crippen LogP contribution in [0.3, 0.4) is 0 Å². The van der Waals surface area contributed by atoms with Crippen LogP contribution in [0.25, 0.3) is 0 Å². The van der Waals surface area contributed by atoms with Crippen molar-refractivity contribution in [2.45, 2.75) is 45.1 Å². The second-order valence-corrected chi connectivity index (χ2v) is 5.96. The Bertz CT molecular complexity index is 524. The third-order valence-corrected chi connectivity index (χ3v) is 4.52. The summed E-state index contributed by atoms with van der Waals surface area (Å²) in [5.74, 6) is 2.58. The molecule has 1 aromatic rings. The SMILES string of the molecule is COc1ccc(CNC(=O)CCC2CCCC2)c(OC)c1OC. The van der Waals surface area contributed by atoms with Gasteiger partial charge in [0.2, 0.25) is 11.7 Å². The van der Waals surface area contributed by atoms with E-state index in [0.29, 0.717) is 30.2 Å². The van der Waals surface area contributed by atoms with Crippen LogP contribution in [0.5, 0.6) is 17.2 Å². The number of nitrogens with one attached hydrogen (secondary N) is 1. The standard InChI is InChI=1S/C18H27NO4/c1-21-15-10-9-14(17(22-2)18(15)23-3)12-19-16(20)11-8-13-6-4-5-7-13/h9-10,13H,4-8,11-12H2,1-3H3,(H,19,20). The average Bonchev–Trinajstić information content (AvgIpc) is 3.10. The van der Waals surface area contributed by atoms with E-state index >= 15 is 0 Å². The molecule has 5 nitrogen and oxygen atoms in total. The molecule has 0 atom stereocenters. The summed E-state index contributed by atoms with van der Waals surface area (Å²) < 4.78 is 16.0. The van der Waals surface area contributed by atoms with E-state index in [4.69, 9.17) is 14.2 Å². The third-order valence-electron chi connectivity index (χ3n) is 4.52. The van der Waals surface area contributed by atoms with Gasteiger partial charge in [-0.2, -0.15) is 0 Å². The molecule has 0 unspecified atom stereocenters. The van der Waals surface area contributed by atoms with Crippen molar-refractivity contribution >= 4 is 5.91 Å². The van der Waals surface area contributed by atoms with E-state index < -0.39 is 0 Å². The number of hydrogen-bond acceptors (Lipinski definition) is 4. The summed E-state index contributed by atoms with van der Waals surface area (Å²) in [6.45, 7) is 0.424. The molecule has 0 radical (unpaired) electrons. The molecule has 1 aromatic carbocycles. The molecule has 23 heavy (non-hydrogen) atoms. The molecule has 0 saturated heterocycles. The highest BCUT2D eigenvalue weighted by atomic mass is 16.5. The lowest BCUT2D eigenvalue weighted by molar-refractivity contribution is -0.121. The number of hydrogen-bond donors (Lipinski definition) is 1. The highest BCUT2D eigenvalue weighted by Gasteiger charge is 2.18. The lowest BCUT2D eigenvalue weighted by Gasteiger charge is -2.16. The minimum absolute atomic E-state index is 0.0914. The highest BCUT2D eigenvalue weighted by Crippen LogP contribution is 2.39. The van der Waals surface area contributed by atoms with Gasteiger partial charge in [-0.25, -0.2) is 0 Å². The van der Waals surface area contributed by atoms with Crippen molar-refractivity contribution in [3.8, 4) is 17.2 Å². The van der Waals surface area contributed by atoms with Crippen molar-refractivity contribution in [1.29, 1.82) is 0 Å².